The van der Waals surface area contributed by atoms with Crippen LogP contribution < -0.4 is 10.3 Å². The van der Waals surface area contributed by atoms with Crippen LogP contribution in [0.5, 0.6) is 5.75 Å². The minimum Gasteiger partial charge on any atom is -0.459 e. The highest BCUT2D eigenvalue weighted by atomic mass is 19.4. The fourth-order valence-corrected chi connectivity index (χ4v) is 4.72. The van der Waals surface area contributed by atoms with Crippen molar-refractivity contribution in [1.82, 2.24) is 9.47 Å². The van der Waals surface area contributed by atoms with Crippen LogP contribution in [0.15, 0.2) is 64.0 Å². The minimum absolute atomic E-state index is 0.0331. The third-order valence-corrected chi connectivity index (χ3v) is 6.02. The van der Waals surface area contributed by atoms with E-state index in [1.807, 2.05) is 6.07 Å². The van der Waals surface area contributed by atoms with Crippen LogP contribution in [-0.4, -0.2) is 34.8 Å². The lowest BCUT2D eigenvalue weighted by atomic mass is 9.82. The van der Waals surface area contributed by atoms with E-state index in [0.29, 0.717) is 36.5 Å². The van der Waals surface area contributed by atoms with Crippen LogP contribution >= 0.6 is 0 Å². The van der Waals surface area contributed by atoms with Gasteiger partial charge < -0.3 is 18.6 Å². The van der Waals surface area contributed by atoms with Gasteiger partial charge in [0.25, 0.3) is 11.5 Å². The van der Waals surface area contributed by atoms with Crippen molar-refractivity contribution in [3.8, 4) is 16.9 Å². The van der Waals surface area contributed by atoms with Crippen molar-refractivity contribution in [3.63, 3.8) is 0 Å². The number of likely N-dealkylation sites (tertiary alicyclic amines) is 1. The maximum atomic E-state index is 13.2. The summed E-state index contributed by atoms with van der Waals surface area (Å²) in [6, 6.07) is 12.2. The zero-order valence-corrected chi connectivity index (χ0v) is 16.8. The number of furan rings is 1. The van der Waals surface area contributed by atoms with Crippen LogP contribution in [0, 0.1) is 5.92 Å². The topological polar surface area (TPSA) is 64.7 Å². The average molecular weight is 444 g/mol. The maximum absolute atomic E-state index is 13.2. The van der Waals surface area contributed by atoms with E-state index >= 15 is 0 Å². The Kier molecular flexibility index (Phi) is 4.83. The summed E-state index contributed by atoms with van der Waals surface area (Å²) in [4.78, 5) is 27.7. The lowest BCUT2D eigenvalue weighted by Gasteiger charge is -2.42. The molecular formula is C23H19F3N2O4. The van der Waals surface area contributed by atoms with Gasteiger partial charge in [0.1, 0.15) is 5.75 Å². The highest BCUT2D eigenvalue weighted by Crippen LogP contribution is 2.36. The zero-order chi connectivity index (χ0) is 22.5. The summed E-state index contributed by atoms with van der Waals surface area (Å²) in [5.74, 6) is -0.0227. The molecule has 0 saturated carbocycles. The summed E-state index contributed by atoms with van der Waals surface area (Å²) < 4.78 is 48.0. The molecule has 0 radical (unpaired) electrons. The third-order valence-electron chi connectivity index (χ3n) is 6.02. The monoisotopic (exact) mass is 444 g/mol. The molecule has 0 aliphatic carbocycles. The second kappa shape index (κ2) is 7.58. The van der Waals surface area contributed by atoms with E-state index in [-0.39, 0.29) is 29.1 Å². The van der Waals surface area contributed by atoms with Crippen LogP contribution in [-0.2, 0) is 6.54 Å². The molecule has 0 unspecified atom stereocenters. The van der Waals surface area contributed by atoms with Crippen molar-refractivity contribution in [3.05, 3.63) is 76.6 Å². The van der Waals surface area contributed by atoms with Gasteiger partial charge in [-0.1, -0.05) is 12.1 Å². The smallest absolute Gasteiger partial charge is 0.459 e. The van der Waals surface area contributed by atoms with Crippen molar-refractivity contribution in [1.29, 1.82) is 0 Å². The number of hydrogen-bond acceptors (Lipinski definition) is 4. The van der Waals surface area contributed by atoms with E-state index in [1.54, 1.807) is 27.7 Å². The van der Waals surface area contributed by atoms with Gasteiger partial charge in [0.15, 0.2) is 5.76 Å². The number of piperidine rings is 1. The van der Waals surface area contributed by atoms with Gasteiger partial charge in [-0.2, -0.15) is 0 Å². The molecule has 0 spiro atoms. The van der Waals surface area contributed by atoms with Crippen LogP contribution in [0.25, 0.3) is 11.1 Å². The molecule has 9 heteroatoms. The molecule has 2 atom stereocenters. The fourth-order valence-electron chi connectivity index (χ4n) is 4.72. The van der Waals surface area contributed by atoms with Crippen LogP contribution in [0.3, 0.4) is 0 Å². The van der Waals surface area contributed by atoms with E-state index in [9.17, 15) is 22.8 Å². The number of nitrogens with zero attached hydrogens (tertiary/aromatic N) is 2. The maximum Gasteiger partial charge on any atom is 0.573 e. The molecule has 6 nitrogen and oxygen atoms in total. The second-order valence-corrected chi connectivity index (χ2v) is 8.15. The van der Waals surface area contributed by atoms with Crippen molar-refractivity contribution in [2.45, 2.75) is 25.2 Å². The number of aromatic nitrogens is 1. The molecule has 0 N–H and O–H groups in total. The predicted octanol–water partition coefficient (Wildman–Crippen LogP) is 4.27. The molecule has 2 aliphatic heterocycles. The number of hydrogen-bond donors (Lipinski definition) is 0. The van der Waals surface area contributed by atoms with Gasteiger partial charge in [0.2, 0.25) is 0 Å². The third kappa shape index (κ3) is 3.79. The molecule has 1 aromatic carbocycles. The first kappa shape index (κ1) is 20.4. The van der Waals surface area contributed by atoms with Crippen LogP contribution in [0.2, 0.25) is 0 Å². The normalized spacial score (nSPS) is 20.0. The molecule has 1 amide bonds. The number of fused-ring (bicyclic) bond motifs is 4. The first-order chi connectivity index (χ1) is 15.3. The van der Waals surface area contributed by atoms with E-state index in [1.165, 1.54) is 30.5 Å². The van der Waals surface area contributed by atoms with Gasteiger partial charge in [-0.3, -0.25) is 9.59 Å². The molecule has 2 bridgehead atoms. The van der Waals surface area contributed by atoms with Crippen molar-refractivity contribution in [2.75, 3.05) is 13.1 Å². The molecule has 166 valence electrons. The van der Waals surface area contributed by atoms with Crippen molar-refractivity contribution < 1.29 is 27.1 Å². The van der Waals surface area contributed by atoms with Gasteiger partial charge in [0.05, 0.1) is 6.26 Å². The number of pyridine rings is 1. The Labute approximate surface area is 180 Å². The standard InChI is InChI=1S/C23H19F3N2O4/c24-23(25,26)32-17-5-3-15(4-6-17)18-7-8-19-16-10-14(12-28(19)21(18)29)11-27(13-16)22(30)20-2-1-9-31-20/h1-9,14,16H,10-13H2/t14-,16-/m1/s1. The summed E-state index contributed by atoms with van der Waals surface area (Å²) in [6.45, 7) is 1.52. The van der Waals surface area contributed by atoms with Gasteiger partial charge >= 0.3 is 6.36 Å². The molecule has 1 saturated heterocycles. The van der Waals surface area contributed by atoms with Crippen LogP contribution in [0.4, 0.5) is 13.2 Å². The molecule has 2 aromatic heterocycles. The van der Waals surface area contributed by atoms with E-state index < -0.39 is 6.36 Å². The summed E-state index contributed by atoms with van der Waals surface area (Å²) in [7, 11) is 0. The summed E-state index contributed by atoms with van der Waals surface area (Å²) in [6.07, 6.45) is -2.41. The molecule has 2 aliphatic rings. The van der Waals surface area contributed by atoms with E-state index in [0.717, 1.165) is 12.1 Å². The number of alkyl halides is 3. The Hall–Kier alpha value is -3.49. The number of benzene rings is 1. The largest absolute Gasteiger partial charge is 0.573 e. The lowest BCUT2D eigenvalue weighted by molar-refractivity contribution is -0.274. The molecule has 3 aromatic rings. The number of halogens is 3. The zero-order valence-electron chi connectivity index (χ0n) is 16.8. The average Bonchev–Trinajstić information content (AvgIpc) is 3.28. The second-order valence-electron chi connectivity index (χ2n) is 8.15. The summed E-state index contributed by atoms with van der Waals surface area (Å²) >= 11 is 0. The SMILES string of the molecule is O=C(c1ccco1)N1C[C@H]2C[C@H](C1)c1ccc(-c3ccc(OC(F)(F)F)cc3)c(=O)n1C2. The highest BCUT2D eigenvalue weighted by molar-refractivity contribution is 5.91. The number of amides is 1. The van der Waals surface area contributed by atoms with Crippen molar-refractivity contribution >= 4 is 5.91 Å². The Balaban J connectivity index is 1.41. The van der Waals surface area contributed by atoms with Gasteiger partial charge in [0, 0.05) is 36.8 Å². The molecule has 4 heterocycles. The lowest BCUT2D eigenvalue weighted by Crippen LogP contribution is -2.49. The molecule has 5 rings (SSSR count). The Morgan fingerprint density at radius 3 is 2.50 bits per heavy atom. The first-order valence-electron chi connectivity index (χ1n) is 10.2. The molecule has 1 fully saturated rings. The number of rotatable bonds is 3. The Morgan fingerprint density at radius 2 is 1.81 bits per heavy atom. The highest BCUT2D eigenvalue weighted by Gasteiger charge is 2.37. The Morgan fingerprint density at radius 1 is 1.03 bits per heavy atom. The van der Waals surface area contributed by atoms with Crippen molar-refractivity contribution in [2.24, 2.45) is 5.92 Å². The van der Waals surface area contributed by atoms with Crippen LogP contribution in [0.1, 0.15) is 28.6 Å². The summed E-state index contributed by atoms with van der Waals surface area (Å²) in [5.41, 5.74) is 1.61. The number of ether oxygens (including phenoxy) is 1. The van der Waals surface area contributed by atoms with Gasteiger partial charge in [-0.15, -0.1) is 13.2 Å². The molecule has 32 heavy (non-hydrogen) atoms. The predicted molar refractivity (Wildman–Crippen MR) is 108 cm³/mol. The number of carbonyl (C=O) groups is 1. The first-order valence-corrected chi connectivity index (χ1v) is 10.2. The van der Waals surface area contributed by atoms with E-state index in [2.05, 4.69) is 4.74 Å². The summed E-state index contributed by atoms with van der Waals surface area (Å²) in [5, 5.41) is 0. The minimum atomic E-state index is -4.77. The fraction of sp³-hybridized carbons (Fsp3) is 0.304. The Bertz CT molecular complexity index is 1200. The van der Waals surface area contributed by atoms with E-state index in [4.69, 9.17) is 4.42 Å². The molecular weight excluding hydrogens is 425 g/mol. The number of carbonyl (C=O) groups excluding carboxylic acids is 1. The van der Waals surface area contributed by atoms with Gasteiger partial charge in [-0.25, -0.2) is 0 Å². The van der Waals surface area contributed by atoms with Gasteiger partial charge in [-0.05, 0) is 54.3 Å². The quantitative estimate of drug-likeness (QED) is 0.606.